The van der Waals surface area contributed by atoms with Crippen molar-refractivity contribution in [3.8, 4) is 11.5 Å². The van der Waals surface area contributed by atoms with Crippen LogP contribution in [0, 0.1) is 0 Å². The van der Waals surface area contributed by atoms with E-state index in [0.717, 1.165) is 67.6 Å². The lowest BCUT2D eigenvalue weighted by Crippen LogP contribution is -2.42. The van der Waals surface area contributed by atoms with Gasteiger partial charge < -0.3 is 34.6 Å². The van der Waals surface area contributed by atoms with Crippen LogP contribution in [0.15, 0.2) is 41.7 Å². The van der Waals surface area contributed by atoms with E-state index in [4.69, 9.17) is 34.6 Å². The van der Waals surface area contributed by atoms with Gasteiger partial charge in [0, 0.05) is 49.9 Å². The van der Waals surface area contributed by atoms with Crippen molar-refractivity contribution in [2.75, 3.05) is 39.6 Å². The maximum Gasteiger partial charge on any atom is 0.336 e. The molecule has 0 bridgehead atoms. The number of carboxylic acids is 3. The van der Waals surface area contributed by atoms with Gasteiger partial charge in [-0.05, 0) is 24.1 Å². The Morgan fingerprint density at radius 3 is 2.29 bits per heavy atom. The number of aliphatic imine (C=N–C) groups is 1. The zero-order valence-corrected chi connectivity index (χ0v) is 20.5. The van der Waals surface area contributed by atoms with Crippen molar-refractivity contribution in [3.63, 3.8) is 0 Å². The highest BCUT2D eigenvalue weighted by Crippen LogP contribution is 2.38. The molecule has 0 amide bonds. The Hall–Kier alpha value is -4.07. The van der Waals surface area contributed by atoms with E-state index in [-0.39, 0.29) is 6.79 Å². The number of hydrogen-bond donors (Lipinski definition) is 4. The molecule has 4 N–H and O–H groups in total. The second-order valence-electron chi connectivity index (χ2n) is 8.56. The number of rotatable bonds is 10. The molecule has 1 saturated heterocycles. The molecule has 1 aromatic carbocycles. The van der Waals surface area contributed by atoms with Crippen LogP contribution in [0.25, 0.3) is 0 Å². The summed E-state index contributed by atoms with van der Waals surface area (Å²) in [6, 6.07) is 7.90. The molecule has 0 spiro atoms. The van der Waals surface area contributed by atoms with Gasteiger partial charge in [0.2, 0.25) is 6.79 Å². The normalized spacial score (nSPS) is 15.1. The Morgan fingerprint density at radius 2 is 1.71 bits per heavy atom. The summed E-state index contributed by atoms with van der Waals surface area (Å²) in [5.41, 5.74) is 0.314. The van der Waals surface area contributed by atoms with Crippen LogP contribution in [-0.2, 0) is 25.5 Å². The Labute approximate surface area is 217 Å². The molecule has 4 rings (SSSR count). The predicted molar refractivity (Wildman–Crippen MR) is 132 cm³/mol. The molecule has 0 saturated carbocycles. The Bertz CT molecular complexity index is 1130. The molecule has 0 unspecified atom stereocenters. The first-order valence-electron chi connectivity index (χ1n) is 11.7. The fourth-order valence-electron chi connectivity index (χ4n) is 3.71. The molecular formula is C25H29N3O10. The largest absolute Gasteiger partial charge is 0.481 e. The van der Waals surface area contributed by atoms with E-state index in [9.17, 15) is 14.4 Å². The second kappa shape index (κ2) is 13.5. The number of fused-ring (bicyclic) bond motifs is 1. The van der Waals surface area contributed by atoms with Crippen LogP contribution in [0.1, 0.15) is 24.0 Å². The molecule has 13 heteroatoms. The number of aromatic nitrogens is 1. The van der Waals surface area contributed by atoms with E-state index in [1.54, 1.807) is 12.4 Å². The molecule has 0 radical (unpaired) electrons. The molecule has 0 aliphatic carbocycles. The van der Waals surface area contributed by atoms with Gasteiger partial charge in [0.1, 0.15) is 0 Å². The number of aliphatic hydroxyl groups is 1. The van der Waals surface area contributed by atoms with E-state index >= 15 is 0 Å². The highest BCUT2D eigenvalue weighted by Gasteiger charge is 2.40. The number of aliphatic carboxylic acids is 3. The van der Waals surface area contributed by atoms with E-state index in [1.807, 2.05) is 24.4 Å². The Kier molecular flexibility index (Phi) is 10.1. The van der Waals surface area contributed by atoms with Gasteiger partial charge in [-0.3, -0.25) is 24.5 Å². The summed E-state index contributed by atoms with van der Waals surface area (Å²) in [5, 5.41) is 33.8. The van der Waals surface area contributed by atoms with Crippen LogP contribution in [0.4, 0.5) is 5.69 Å². The molecule has 38 heavy (non-hydrogen) atoms. The predicted octanol–water partition coefficient (Wildman–Crippen LogP) is 1.19. The van der Waals surface area contributed by atoms with Gasteiger partial charge in [-0.25, -0.2) is 4.79 Å². The summed E-state index contributed by atoms with van der Waals surface area (Å²) >= 11 is 0. The number of morpholine rings is 1. The molecule has 2 aliphatic heterocycles. The van der Waals surface area contributed by atoms with Crippen LogP contribution in [0.3, 0.4) is 0 Å². The molecule has 1 aromatic heterocycles. The third-order valence-electron chi connectivity index (χ3n) is 5.70. The zero-order chi connectivity index (χ0) is 27.5. The van der Waals surface area contributed by atoms with Crippen LogP contribution in [0.5, 0.6) is 11.5 Å². The number of nitrogens with zero attached hydrogens (tertiary/aromatic N) is 3. The van der Waals surface area contributed by atoms with Gasteiger partial charge >= 0.3 is 17.9 Å². The number of pyridine rings is 1. The number of ether oxygens (including phenoxy) is 3. The summed E-state index contributed by atoms with van der Waals surface area (Å²) in [6.07, 6.45) is 4.01. The Morgan fingerprint density at radius 1 is 1.05 bits per heavy atom. The summed E-state index contributed by atoms with van der Waals surface area (Å²) in [4.78, 5) is 41.7. The van der Waals surface area contributed by atoms with Gasteiger partial charge in [-0.15, -0.1) is 0 Å². The van der Waals surface area contributed by atoms with Gasteiger partial charge in [0.25, 0.3) is 0 Å². The monoisotopic (exact) mass is 531 g/mol. The fourth-order valence-corrected chi connectivity index (χ4v) is 3.71. The van der Waals surface area contributed by atoms with Crippen molar-refractivity contribution in [2.45, 2.75) is 24.9 Å². The fraction of sp³-hybridized carbons (Fsp3) is 0.400. The topological polar surface area (TPSA) is 188 Å². The second-order valence-corrected chi connectivity index (χ2v) is 8.56. The minimum atomic E-state index is -2.74. The molecule has 0 atom stereocenters. The molecule has 2 aromatic rings. The van der Waals surface area contributed by atoms with E-state index in [0.29, 0.717) is 0 Å². The lowest BCUT2D eigenvalue weighted by Gasteiger charge is -2.26. The summed E-state index contributed by atoms with van der Waals surface area (Å²) < 4.78 is 16.5. The third kappa shape index (κ3) is 8.50. The quantitative estimate of drug-likeness (QED) is 0.321. The molecule has 2 aliphatic rings. The molecule has 13 nitrogen and oxygen atoms in total. The van der Waals surface area contributed by atoms with Crippen molar-refractivity contribution in [1.82, 2.24) is 9.88 Å². The first-order valence-corrected chi connectivity index (χ1v) is 11.7. The molecule has 3 heterocycles. The number of carbonyl (C=O) groups is 3. The van der Waals surface area contributed by atoms with Crippen molar-refractivity contribution < 1.29 is 49.0 Å². The standard InChI is InChI=1S/C19H21N3O3.C6H8O7/c1-2-15(12-20-4-1)13-21-17-11-19-18(24-14-25-19)10-16(17)3-5-22-6-8-23-9-7-22;7-3(8)1-6(13,5(11)12)2-4(9)10/h1-2,4,10-13H,3,5-9,14H2;13H,1-2H2,(H,7,8)(H,9,10)(H,11,12). The number of benzene rings is 1. The first kappa shape index (κ1) is 28.5. The first-order chi connectivity index (χ1) is 18.2. The van der Waals surface area contributed by atoms with Gasteiger partial charge in [-0.2, -0.15) is 0 Å². The highest BCUT2D eigenvalue weighted by molar-refractivity contribution is 5.88. The van der Waals surface area contributed by atoms with Crippen molar-refractivity contribution in [1.29, 1.82) is 0 Å². The minimum absolute atomic E-state index is 0.272. The molecular weight excluding hydrogens is 502 g/mol. The van der Waals surface area contributed by atoms with Gasteiger partial charge in [0.15, 0.2) is 17.1 Å². The minimum Gasteiger partial charge on any atom is -0.481 e. The third-order valence-corrected chi connectivity index (χ3v) is 5.70. The molecule has 1 fully saturated rings. The average Bonchev–Trinajstić information content (AvgIpc) is 3.34. The van der Waals surface area contributed by atoms with Gasteiger partial charge in [0.05, 0.1) is 31.7 Å². The van der Waals surface area contributed by atoms with Crippen LogP contribution in [0.2, 0.25) is 0 Å². The lowest BCUT2D eigenvalue weighted by atomic mass is 9.96. The van der Waals surface area contributed by atoms with E-state index in [1.165, 1.54) is 0 Å². The van der Waals surface area contributed by atoms with Crippen LogP contribution >= 0.6 is 0 Å². The summed E-state index contributed by atoms with van der Waals surface area (Å²) in [5.74, 6) is -3.46. The maximum absolute atomic E-state index is 10.3. The van der Waals surface area contributed by atoms with Crippen molar-refractivity contribution >= 4 is 29.8 Å². The van der Waals surface area contributed by atoms with Crippen molar-refractivity contribution in [3.05, 3.63) is 47.8 Å². The smallest absolute Gasteiger partial charge is 0.336 e. The van der Waals surface area contributed by atoms with Gasteiger partial charge in [-0.1, -0.05) is 6.07 Å². The number of hydrogen-bond acceptors (Lipinski definition) is 10. The average molecular weight is 532 g/mol. The Balaban J connectivity index is 0.000000263. The van der Waals surface area contributed by atoms with E-state index < -0.39 is 36.4 Å². The number of carboxylic acid groups (broad SMARTS) is 3. The van der Waals surface area contributed by atoms with Crippen LogP contribution in [-0.4, -0.2) is 99.7 Å². The summed E-state index contributed by atoms with van der Waals surface area (Å²) in [7, 11) is 0. The zero-order valence-electron chi connectivity index (χ0n) is 20.5. The van der Waals surface area contributed by atoms with Crippen LogP contribution < -0.4 is 9.47 Å². The molecule has 204 valence electrons. The van der Waals surface area contributed by atoms with Crippen molar-refractivity contribution in [2.24, 2.45) is 4.99 Å². The summed E-state index contributed by atoms with van der Waals surface area (Å²) in [6.45, 7) is 4.85. The SMILES string of the molecule is C(=Nc1cc2c(cc1CCN1CCOCC1)OCO2)c1cccnc1.O=C(O)CC(O)(CC(=O)O)C(=O)O. The lowest BCUT2D eigenvalue weighted by molar-refractivity contribution is -0.170. The maximum atomic E-state index is 10.3. The van der Waals surface area contributed by atoms with E-state index in [2.05, 4.69) is 20.9 Å². The highest BCUT2D eigenvalue weighted by atomic mass is 16.7.